The monoisotopic (exact) mass is 566 g/mol. The molecule has 0 saturated carbocycles. The maximum atomic E-state index is 12.7. The van der Waals surface area contributed by atoms with Crippen LogP contribution in [0.4, 0.5) is 24.8 Å². The van der Waals surface area contributed by atoms with Gasteiger partial charge in [0.25, 0.3) is 5.91 Å². The molecule has 11 nitrogen and oxygen atoms in total. The molecule has 0 unspecified atom stereocenters. The van der Waals surface area contributed by atoms with Crippen molar-refractivity contribution in [2.75, 3.05) is 26.0 Å². The summed E-state index contributed by atoms with van der Waals surface area (Å²) in [5.74, 6) is 0.0381. The molecule has 0 bridgehead atoms. The molecule has 1 atom stereocenters. The number of carbonyl (C=O) groups is 1. The molecule has 0 aliphatic carbocycles. The number of aromatic nitrogens is 5. The minimum atomic E-state index is -4.51. The van der Waals surface area contributed by atoms with Gasteiger partial charge in [0.05, 0.1) is 24.9 Å². The van der Waals surface area contributed by atoms with Gasteiger partial charge in [0.2, 0.25) is 5.95 Å². The molecular weight excluding hydrogens is 541 g/mol. The number of anilines is 2. The van der Waals surface area contributed by atoms with Crippen molar-refractivity contribution < 1.29 is 27.4 Å². The molecule has 0 aliphatic rings. The Labute approximate surface area is 233 Å². The number of amides is 1. The number of rotatable bonds is 10. The Balaban J connectivity index is 1.48. The van der Waals surface area contributed by atoms with Crippen molar-refractivity contribution in [1.82, 2.24) is 29.6 Å². The van der Waals surface area contributed by atoms with Gasteiger partial charge in [-0.05, 0) is 42.8 Å². The summed E-state index contributed by atoms with van der Waals surface area (Å²) in [6.45, 7) is 0.932. The van der Waals surface area contributed by atoms with Crippen LogP contribution in [0.1, 0.15) is 22.8 Å². The minimum Gasteiger partial charge on any atom is -0.495 e. The highest BCUT2D eigenvalue weighted by Gasteiger charge is 2.31. The summed E-state index contributed by atoms with van der Waals surface area (Å²) in [4.78, 5) is 25.6. The van der Waals surface area contributed by atoms with Crippen molar-refractivity contribution in [2.45, 2.75) is 25.7 Å². The number of hydrogen-bond donors (Lipinski definition) is 1. The maximum Gasteiger partial charge on any atom is 0.406 e. The lowest BCUT2D eigenvalue weighted by Gasteiger charge is -2.19. The minimum absolute atomic E-state index is 0.0323. The van der Waals surface area contributed by atoms with Crippen molar-refractivity contribution in [3.05, 3.63) is 72.6 Å². The van der Waals surface area contributed by atoms with Crippen LogP contribution < -0.4 is 14.8 Å². The van der Waals surface area contributed by atoms with Crippen LogP contribution >= 0.6 is 0 Å². The molecule has 2 aromatic heterocycles. The number of methoxy groups -OCH3 is 1. The van der Waals surface area contributed by atoms with Crippen molar-refractivity contribution >= 4 is 17.5 Å². The fourth-order valence-electron chi connectivity index (χ4n) is 3.89. The van der Waals surface area contributed by atoms with E-state index in [4.69, 9.17) is 9.47 Å². The molecular formula is C27H25F3N8O3. The van der Waals surface area contributed by atoms with E-state index in [9.17, 15) is 23.2 Å². The average molecular weight is 567 g/mol. The number of ether oxygens (including phenoxy) is 2. The number of nitrogens with one attached hydrogen (secondary N) is 1. The summed E-state index contributed by atoms with van der Waals surface area (Å²) in [6, 6.07) is 11.5. The number of hydrogen-bond acceptors (Lipinski definition) is 9. The first-order valence-corrected chi connectivity index (χ1v) is 12.2. The van der Waals surface area contributed by atoms with Gasteiger partial charge in [-0.3, -0.25) is 4.79 Å². The first kappa shape index (κ1) is 28.8. The third-order valence-corrected chi connectivity index (χ3v) is 5.78. The molecule has 14 heteroatoms. The van der Waals surface area contributed by atoms with E-state index in [-0.39, 0.29) is 23.4 Å². The Hall–Kier alpha value is -5.19. The number of nitrogens with zero attached hydrogens (tertiary/aromatic N) is 7. The van der Waals surface area contributed by atoms with E-state index in [1.807, 2.05) is 6.92 Å². The Morgan fingerprint density at radius 3 is 2.54 bits per heavy atom. The van der Waals surface area contributed by atoms with Crippen LogP contribution in [0.15, 0.2) is 61.4 Å². The van der Waals surface area contributed by atoms with E-state index in [0.29, 0.717) is 34.0 Å². The molecule has 2 heterocycles. The van der Waals surface area contributed by atoms with E-state index in [1.54, 1.807) is 41.6 Å². The van der Waals surface area contributed by atoms with Crippen molar-refractivity contribution in [3.8, 4) is 28.7 Å². The normalized spacial score (nSPS) is 11.8. The second kappa shape index (κ2) is 12.3. The number of alkyl halides is 3. The zero-order valence-electron chi connectivity index (χ0n) is 22.3. The zero-order chi connectivity index (χ0) is 29.6. The van der Waals surface area contributed by atoms with Crippen molar-refractivity contribution in [2.24, 2.45) is 0 Å². The Morgan fingerprint density at radius 1 is 1.15 bits per heavy atom. The van der Waals surface area contributed by atoms with Crippen LogP contribution in [-0.2, 0) is 6.54 Å². The van der Waals surface area contributed by atoms with Crippen LogP contribution in [0.25, 0.3) is 11.1 Å². The van der Waals surface area contributed by atoms with Crippen molar-refractivity contribution in [1.29, 1.82) is 5.26 Å². The molecule has 0 saturated heterocycles. The molecule has 2 aromatic carbocycles. The predicted molar refractivity (Wildman–Crippen MR) is 142 cm³/mol. The van der Waals surface area contributed by atoms with Gasteiger partial charge in [-0.25, -0.2) is 19.6 Å². The smallest absolute Gasteiger partial charge is 0.406 e. The third kappa shape index (κ3) is 7.47. The highest BCUT2D eigenvalue weighted by Crippen LogP contribution is 2.30. The summed E-state index contributed by atoms with van der Waals surface area (Å²) in [5.41, 5.74) is 2.20. The molecule has 1 N–H and O–H groups in total. The fraction of sp³-hybridized carbons (Fsp3) is 0.259. The number of benzene rings is 2. The molecule has 212 valence electrons. The van der Waals surface area contributed by atoms with Crippen LogP contribution in [0.5, 0.6) is 11.5 Å². The fourth-order valence-corrected chi connectivity index (χ4v) is 3.89. The summed E-state index contributed by atoms with van der Waals surface area (Å²) < 4.78 is 51.0. The van der Waals surface area contributed by atoms with E-state index < -0.39 is 18.6 Å². The van der Waals surface area contributed by atoms with Gasteiger partial charge in [-0.15, -0.1) is 0 Å². The summed E-state index contributed by atoms with van der Waals surface area (Å²) in [6.07, 6.45) is 1.37. The van der Waals surface area contributed by atoms with Gasteiger partial charge >= 0.3 is 6.18 Å². The van der Waals surface area contributed by atoms with Crippen LogP contribution in [-0.4, -0.2) is 68.5 Å². The lowest BCUT2D eigenvalue weighted by Crippen LogP contribution is -2.35. The van der Waals surface area contributed by atoms with Crippen LogP contribution in [0.3, 0.4) is 0 Å². The van der Waals surface area contributed by atoms with Gasteiger partial charge < -0.3 is 19.7 Å². The molecule has 1 amide bonds. The maximum absolute atomic E-state index is 12.7. The Morgan fingerprint density at radius 2 is 1.90 bits per heavy atom. The van der Waals surface area contributed by atoms with Gasteiger partial charge in [0, 0.05) is 30.6 Å². The molecule has 4 rings (SSSR count). The topological polar surface area (TPSA) is 131 Å². The molecule has 4 aromatic rings. The van der Waals surface area contributed by atoms with E-state index >= 15 is 0 Å². The van der Waals surface area contributed by atoms with Gasteiger partial charge in [-0.1, -0.05) is 6.07 Å². The zero-order valence-corrected chi connectivity index (χ0v) is 22.3. The summed E-state index contributed by atoms with van der Waals surface area (Å²) in [5, 5.41) is 16.6. The molecule has 0 aliphatic heterocycles. The Kier molecular flexibility index (Phi) is 8.66. The van der Waals surface area contributed by atoms with Crippen LogP contribution in [0, 0.1) is 11.3 Å². The van der Waals surface area contributed by atoms with E-state index in [1.165, 1.54) is 31.6 Å². The number of halogens is 3. The first-order valence-electron chi connectivity index (χ1n) is 12.2. The Bertz CT molecular complexity index is 1540. The highest BCUT2D eigenvalue weighted by molar-refractivity contribution is 5.95. The van der Waals surface area contributed by atoms with E-state index in [2.05, 4.69) is 31.4 Å². The van der Waals surface area contributed by atoms with Gasteiger partial charge in [0.15, 0.2) is 0 Å². The molecule has 0 fully saturated rings. The lowest BCUT2D eigenvalue weighted by atomic mass is 10.1. The molecule has 41 heavy (non-hydrogen) atoms. The number of carbonyl (C=O) groups excluding carboxylic acids is 1. The second-order valence-electron chi connectivity index (χ2n) is 8.98. The summed E-state index contributed by atoms with van der Waals surface area (Å²) in [7, 11) is 2.45. The van der Waals surface area contributed by atoms with Gasteiger partial charge in [0.1, 0.15) is 42.9 Å². The lowest BCUT2D eigenvalue weighted by molar-refractivity contribution is -0.138. The highest BCUT2D eigenvalue weighted by atomic mass is 19.4. The van der Waals surface area contributed by atoms with E-state index in [0.717, 1.165) is 12.6 Å². The number of nitriles is 1. The first-order chi connectivity index (χ1) is 19.6. The molecule has 0 radical (unpaired) electrons. The summed E-state index contributed by atoms with van der Waals surface area (Å²) >= 11 is 0. The average Bonchev–Trinajstić information content (AvgIpc) is 3.45. The SMILES string of the molecule is COc1cc(C(=O)N(C)CC(F)(F)F)ccc1Nc1ncc(-c2ccc(C#N)c(O[C@@H](C)Cn3cncn3)c2)cn1. The van der Waals surface area contributed by atoms with Crippen LogP contribution in [0.2, 0.25) is 0 Å². The third-order valence-electron chi connectivity index (χ3n) is 5.78. The largest absolute Gasteiger partial charge is 0.495 e. The second-order valence-corrected chi connectivity index (χ2v) is 8.98. The van der Waals surface area contributed by atoms with Crippen molar-refractivity contribution in [3.63, 3.8) is 0 Å². The standard InChI is InChI=1S/C27H25F3N8O3/c1-17(13-38-16-32-15-35-38)41-23-8-18(4-5-20(23)10-31)21-11-33-26(34-12-21)36-22-7-6-19(9-24(22)40-3)25(39)37(2)14-27(28,29)30/h4-9,11-12,15-17H,13-14H2,1-3H3,(H,33,34,36)/t17-/m0/s1. The van der Waals surface area contributed by atoms with Gasteiger partial charge in [-0.2, -0.15) is 23.5 Å². The predicted octanol–water partition coefficient (Wildman–Crippen LogP) is 4.46. The molecule has 0 spiro atoms. The quantitative estimate of drug-likeness (QED) is 0.296.